The Bertz CT molecular complexity index is 1390. The number of nitrogens with one attached hydrogen (secondary N) is 1. The molecule has 0 aliphatic heterocycles. The van der Waals surface area contributed by atoms with Crippen LogP contribution in [0.25, 0.3) is 0 Å². The summed E-state index contributed by atoms with van der Waals surface area (Å²) in [6.07, 6.45) is 2.31. The molecule has 0 bridgehead atoms. The third-order valence-electron chi connectivity index (χ3n) is 7.15. The van der Waals surface area contributed by atoms with Gasteiger partial charge in [-0.2, -0.15) is 0 Å². The minimum absolute atomic E-state index is 0.102. The fourth-order valence-corrected chi connectivity index (χ4v) is 5.76. The highest BCUT2D eigenvalue weighted by Crippen LogP contribution is 2.26. The lowest BCUT2D eigenvalue weighted by molar-refractivity contribution is -0.138. The molecule has 0 unspecified atom stereocenters. The van der Waals surface area contributed by atoms with Crippen LogP contribution in [0.5, 0.6) is 0 Å². The molecule has 0 aliphatic rings. The molecule has 1 N–H and O–H groups in total. The van der Waals surface area contributed by atoms with Crippen LogP contribution in [0.15, 0.2) is 77.7 Å². The van der Waals surface area contributed by atoms with Crippen LogP contribution in [0.1, 0.15) is 48.9 Å². The van der Waals surface area contributed by atoms with Crippen LogP contribution in [0.4, 0.5) is 5.69 Å². The molecule has 214 valence electrons. The Morgan fingerprint density at radius 2 is 1.57 bits per heavy atom. The number of unbranched alkanes of at least 4 members (excludes halogenated alkanes) is 1. The van der Waals surface area contributed by atoms with Gasteiger partial charge < -0.3 is 10.2 Å². The van der Waals surface area contributed by atoms with Gasteiger partial charge in [0.1, 0.15) is 12.6 Å². The van der Waals surface area contributed by atoms with Crippen molar-refractivity contribution < 1.29 is 18.0 Å². The van der Waals surface area contributed by atoms with Gasteiger partial charge in [0, 0.05) is 13.1 Å². The molecule has 3 aromatic rings. The largest absolute Gasteiger partial charge is 0.354 e. The van der Waals surface area contributed by atoms with E-state index in [1.165, 1.54) is 4.90 Å². The van der Waals surface area contributed by atoms with Gasteiger partial charge in [-0.3, -0.25) is 13.9 Å². The standard InChI is InChI=1S/C32H41N3O4S/c1-6-7-20-33-32(37)27(5)34(21-19-28-11-9-8-10-12-28)31(36)23-35(29-16-15-25(3)26(4)22-29)40(38,39)30-17-13-24(2)14-18-30/h8-18,22,27H,6-7,19-21,23H2,1-5H3,(H,33,37)/t27-/m0/s1. The lowest BCUT2D eigenvalue weighted by Crippen LogP contribution is -2.52. The van der Waals surface area contributed by atoms with Crippen molar-refractivity contribution in [3.63, 3.8) is 0 Å². The van der Waals surface area contributed by atoms with Crippen molar-refractivity contribution in [3.05, 3.63) is 95.1 Å². The third kappa shape index (κ3) is 7.94. The summed E-state index contributed by atoms with van der Waals surface area (Å²) in [7, 11) is -4.07. The van der Waals surface area contributed by atoms with Crippen molar-refractivity contribution in [2.45, 2.75) is 64.8 Å². The molecule has 1 atom stereocenters. The Labute approximate surface area is 239 Å². The number of benzene rings is 3. The van der Waals surface area contributed by atoms with E-state index in [1.807, 2.05) is 64.1 Å². The van der Waals surface area contributed by atoms with Gasteiger partial charge in [-0.25, -0.2) is 8.42 Å². The maximum atomic E-state index is 13.9. The smallest absolute Gasteiger partial charge is 0.264 e. The maximum absolute atomic E-state index is 13.9. The van der Waals surface area contributed by atoms with Gasteiger partial charge in [-0.15, -0.1) is 0 Å². The normalized spacial score (nSPS) is 12.0. The number of sulfonamides is 1. The number of carbonyl (C=O) groups is 2. The van der Waals surface area contributed by atoms with E-state index in [2.05, 4.69) is 5.32 Å². The fourth-order valence-electron chi connectivity index (χ4n) is 4.35. The van der Waals surface area contributed by atoms with Crippen molar-refractivity contribution in [2.24, 2.45) is 0 Å². The van der Waals surface area contributed by atoms with E-state index < -0.39 is 28.5 Å². The predicted octanol–water partition coefficient (Wildman–Crippen LogP) is 5.18. The van der Waals surface area contributed by atoms with E-state index in [0.717, 1.165) is 39.4 Å². The first-order valence-corrected chi connectivity index (χ1v) is 15.3. The number of nitrogens with zero attached hydrogens (tertiary/aromatic N) is 2. The summed E-state index contributed by atoms with van der Waals surface area (Å²) in [4.78, 5) is 28.6. The number of rotatable bonds is 13. The molecular formula is C32H41N3O4S. The molecule has 0 aliphatic carbocycles. The van der Waals surface area contributed by atoms with Gasteiger partial charge >= 0.3 is 0 Å². The monoisotopic (exact) mass is 563 g/mol. The summed E-state index contributed by atoms with van der Waals surface area (Å²) in [6, 6.07) is 20.9. The summed E-state index contributed by atoms with van der Waals surface area (Å²) in [5, 5.41) is 2.91. The summed E-state index contributed by atoms with van der Waals surface area (Å²) >= 11 is 0. The van der Waals surface area contributed by atoms with Gasteiger partial charge in [-0.05, 0) is 81.5 Å². The zero-order valence-corrected chi connectivity index (χ0v) is 25.0. The zero-order valence-electron chi connectivity index (χ0n) is 24.2. The van der Waals surface area contributed by atoms with Gasteiger partial charge in [0.25, 0.3) is 10.0 Å². The highest BCUT2D eigenvalue weighted by molar-refractivity contribution is 7.92. The molecule has 0 aromatic heterocycles. The van der Waals surface area contributed by atoms with Gasteiger partial charge in [0.05, 0.1) is 10.6 Å². The average Bonchev–Trinajstić information content (AvgIpc) is 2.94. The molecule has 3 aromatic carbocycles. The minimum Gasteiger partial charge on any atom is -0.354 e. The van der Waals surface area contributed by atoms with Crippen molar-refractivity contribution >= 4 is 27.5 Å². The van der Waals surface area contributed by atoms with Crippen molar-refractivity contribution in [1.82, 2.24) is 10.2 Å². The second-order valence-electron chi connectivity index (χ2n) is 10.2. The van der Waals surface area contributed by atoms with Crippen molar-refractivity contribution in [1.29, 1.82) is 0 Å². The van der Waals surface area contributed by atoms with Crippen LogP contribution in [0, 0.1) is 20.8 Å². The van der Waals surface area contributed by atoms with Crippen molar-refractivity contribution in [3.8, 4) is 0 Å². The third-order valence-corrected chi connectivity index (χ3v) is 8.94. The lowest BCUT2D eigenvalue weighted by atomic mass is 10.1. The topological polar surface area (TPSA) is 86.8 Å². The molecule has 0 saturated carbocycles. The molecule has 0 spiro atoms. The molecule has 8 heteroatoms. The molecule has 3 rings (SSSR count). The van der Waals surface area contributed by atoms with Crippen LogP contribution < -0.4 is 9.62 Å². The number of hydrogen-bond acceptors (Lipinski definition) is 4. The van der Waals surface area contributed by atoms with Crippen LogP contribution in [-0.4, -0.2) is 50.8 Å². The molecule has 0 fully saturated rings. The van der Waals surface area contributed by atoms with Crippen LogP contribution in [-0.2, 0) is 26.0 Å². The first kappa shape index (κ1) is 30.9. The molecule has 0 radical (unpaired) electrons. The second kappa shape index (κ2) is 14.1. The summed E-state index contributed by atoms with van der Waals surface area (Å²) in [5.41, 5.74) is 4.29. The quantitative estimate of drug-likeness (QED) is 0.290. The first-order chi connectivity index (χ1) is 19.0. The Hall–Kier alpha value is -3.65. The number of amides is 2. The fraction of sp³-hybridized carbons (Fsp3) is 0.375. The second-order valence-corrected chi connectivity index (χ2v) is 12.1. The van der Waals surface area contributed by atoms with E-state index in [1.54, 1.807) is 43.3 Å². The number of carbonyl (C=O) groups excluding carboxylic acids is 2. The number of hydrogen-bond donors (Lipinski definition) is 1. The Morgan fingerprint density at radius 1 is 0.900 bits per heavy atom. The molecule has 0 heterocycles. The summed E-state index contributed by atoms with van der Waals surface area (Å²) < 4.78 is 29.0. The first-order valence-electron chi connectivity index (χ1n) is 13.8. The molecular weight excluding hydrogens is 522 g/mol. The highest BCUT2D eigenvalue weighted by Gasteiger charge is 2.32. The van der Waals surface area contributed by atoms with Crippen molar-refractivity contribution in [2.75, 3.05) is 23.9 Å². The zero-order chi connectivity index (χ0) is 29.3. The molecule has 7 nitrogen and oxygen atoms in total. The van der Waals surface area contributed by atoms with Crippen LogP contribution >= 0.6 is 0 Å². The van der Waals surface area contributed by atoms with E-state index >= 15 is 0 Å². The lowest BCUT2D eigenvalue weighted by Gasteiger charge is -2.32. The minimum atomic E-state index is -4.07. The SMILES string of the molecule is CCCCNC(=O)[C@H](C)N(CCc1ccccc1)C(=O)CN(c1ccc(C)c(C)c1)S(=O)(=O)c1ccc(C)cc1. The van der Waals surface area contributed by atoms with Gasteiger partial charge in [0.15, 0.2) is 0 Å². The Morgan fingerprint density at radius 3 is 2.20 bits per heavy atom. The van der Waals surface area contributed by atoms with Gasteiger partial charge in [-0.1, -0.05) is 67.4 Å². The van der Waals surface area contributed by atoms with Gasteiger partial charge in [0.2, 0.25) is 11.8 Å². The van der Waals surface area contributed by atoms with E-state index in [9.17, 15) is 18.0 Å². The number of anilines is 1. The average molecular weight is 564 g/mol. The highest BCUT2D eigenvalue weighted by atomic mass is 32.2. The molecule has 2 amide bonds. The predicted molar refractivity (Wildman–Crippen MR) is 161 cm³/mol. The van der Waals surface area contributed by atoms with E-state index in [4.69, 9.17) is 0 Å². The maximum Gasteiger partial charge on any atom is 0.264 e. The van der Waals surface area contributed by atoms with Crippen LogP contribution in [0.3, 0.4) is 0 Å². The summed E-state index contributed by atoms with van der Waals surface area (Å²) in [6.45, 7) is 9.85. The van der Waals surface area contributed by atoms with E-state index in [-0.39, 0.29) is 17.3 Å². The summed E-state index contributed by atoms with van der Waals surface area (Å²) in [5.74, 6) is -0.697. The Balaban J connectivity index is 1.97. The molecule has 0 saturated heterocycles. The number of aryl methyl sites for hydroxylation is 3. The Kier molecular flexibility index (Phi) is 10.9. The van der Waals surface area contributed by atoms with Crippen LogP contribution in [0.2, 0.25) is 0 Å². The molecule has 40 heavy (non-hydrogen) atoms. The van der Waals surface area contributed by atoms with E-state index in [0.29, 0.717) is 18.7 Å².